The van der Waals surface area contributed by atoms with Gasteiger partial charge in [-0.05, 0) is 24.3 Å². The molecule has 0 saturated heterocycles. The highest BCUT2D eigenvalue weighted by Crippen LogP contribution is 2.36. The number of nitrogens with zero attached hydrogens (tertiary/aromatic N) is 5. The van der Waals surface area contributed by atoms with Crippen molar-refractivity contribution in [3.63, 3.8) is 0 Å². The third-order valence-electron chi connectivity index (χ3n) is 6.54. The van der Waals surface area contributed by atoms with Crippen LogP contribution in [0.15, 0.2) is 90.2 Å². The van der Waals surface area contributed by atoms with Crippen molar-refractivity contribution in [3.8, 4) is 34.6 Å². The van der Waals surface area contributed by atoms with Gasteiger partial charge in [0, 0.05) is 59.6 Å². The van der Waals surface area contributed by atoms with Crippen LogP contribution in [0.1, 0.15) is 0 Å². The second-order valence-electron chi connectivity index (χ2n) is 9.44. The first-order valence-electron chi connectivity index (χ1n) is 13.9. The number of halogens is 1. The fraction of sp³-hybridized carbons (Fsp3) is 0.125. The normalized spacial score (nSPS) is 10.1. The molecule has 0 aliphatic heterocycles. The lowest BCUT2D eigenvalue weighted by molar-refractivity contribution is -0.385. The van der Waals surface area contributed by atoms with E-state index in [0.29, 0.717) is 45.0 Å². The highest BCUT2D eigenvalue weighted by atomic mass is 35.5. The predicted molar refractivity (Wildman–Crippen MR) is 179 cm³/mol. The van der Waals surface area contributed by atoms with E-state index in [2.05, 4.69) is 19.9 Å². The van der Waals surface area contributed by atoms with Crippen molar-refractivity contribution in [2.45, 2.75) is 0 Å². The average molecular weight is 691 g/mol. The molecule has 6 rings (SSSR count). The second kappa shape index (κ2) is 16.3. The molecule has 17 heteroatoms. The molecular weight excluding hydrogens is 664 g/mol. The van der Waals surface area contributed by atoms with Crippen molar-refractivity contribution in [2.24, 2.45) is 0 Å². The van der Waals surface area contributed by atoms with E-state index in [1.54, 1.807) is 71.2 Å². The van der Waals surface area contributed by atoms with E-state index >= 15 is 0 Å². The number of nitrogens with one attached hydrogen (secondary N) is 1. The molecule has 1 N–H and O–H groups in total. The zero-order valence-corrected chi connectivity index (χ0v) is 27.0. The molecule has 0 bridgehead atoms. The van der Waals surface area contributed by atoms with E-state index < -0.39 is 9.85 Å². The number of benzene rings is 2. The van der Waals surface area contributed by atoms with Crippen molar-refractivity contribution in [3.05, 3.63) is 121 Å². The van der Waals surface area contributed by atoms with Crippen LogP contribution < -0.4 is 29.1 Å². The third-order valence-corrected chi connectivity index (χ3v) is 6.76. The van der Waals surface area contributed by atoms with Gasteiger partial charge in [-0.15, -0.1) is 0 Å². The van der Waals surface area contributed by atoms with E-state index in [4.69, 9.17) is 35.3 Å². The molecule has 0 unspecified atom stereocenters. The van der Waals surface area contributed by atoms with Gasteiger partial charge in [0.2, 0.25) is 5.88 Å². The number of aromatic amines is 1. The Morgan fingerprint density at radius 3 is 1.80 bits per heavy atom. The molecule has 49 heavy (non-hydrogen) atoms. The molecule has 0 aliphatic rings. The van der Waals surface area contributed by atoms with Gasteiger partial charge in [-0.2, -0.15) is 0 Å². The predicted octanol–water partition coefficient (Wildman–Crippen LogP) is 6.54. The number of rotatable bonds is 8. The van der Waals surface area contributed by atoms with Gasteiger partial charge < -0.3 is 28.7 Å². The van der Waals surface area contributed by atoms with E-state index in [1.807, 2.05) is 0 Å². The minimum Gasteiger partial charge on any atom is -0.493 e. The molecule has 0 atom stereocenters. The lowest BCUT2D eigenvalue weighted by Gasteiger charge is -2.11. The Hall–Kier alpha value is -6.55. The van der Waals surface area contributed by atoms with Crippen molar-refractivity contribution in [1.82, 2.24) is 19.9 Å². The Morgan fingerprint density at radius 2 is 1.24 bits per heavy atom. The summed E-state index contributed by atoms with van der Waals surface area (Å²) in [4.78, 5) is 45.9. The SMILES string of the molecule is COc1cc2[nH]ccc(=O)c2cc1OC.COc1cc2nccc(Oc3ccc([N+](=O)[O-])cn3)c2cc1OC.O=[N+]([O-])c1ccc(Cl)nc1. The van der Waals surface area contributed by atoms with Gasteiger partial charge in [-0.1, -0.05) is 11.6 Å². The highest BCUT2D eigenvalue weighted by Gasteiger charge is 2.13. The first-order valence-corrected chi connectivity index (χ1v) is 14.2. The van der Waals surface area contributed by atoms with E-state index in [0.717, 1.165) is 17.9 Å². The largest absolute Gasteiger partial charge is 0.493 e. The van der Waals surface area contributed by atoms with Crippen molar-refractivity contribution >= 4 is 44.8 Å². The van der Waals surface area contributed by atoms with E-state index in [9.17, 15) is 25.0 Å². The van der Waals surface area contributed by atoms with Gasteiger partial charge >= 0.3 is 0 Å². The van der Waals surface area contributed by atoms with Crippen LogP contribution in [0.25, 0.3) is 21.8 Å². The van der Waals surface area contributed by atoms with Crippen LogP contribution in [0.3, 0.4) is 0 Å². The van der Waals surface area contributed by atoms with Gasteiger partial charge in [0.15, 0.2) is 28.4 Å². The molecule has 0 fully saturated rings. The monoisotopic (exact) mass is 690 g/mol. The molecule has 0 saturated carbocycles. The first-order chi connectivity index (χ1) is 23.6. The molecule has 4 aromatic heterocycles. The number of pyridine rings is 4. The molecule has 2 aromatic carbocycles. The molecule has 0 aliphatic carbocycles. The van der Waals surface area contributed by atoms with Crippen LogP contribution >= 0.6 is 11.6 Å². The smallest absolute Gasteiger partial charge is 0.287 e. The lowest BCUT2D eigenvalue weighted by Crippen LogP contribution is -2.01. The van der Waals surface area contributed by atoms with Crippen LogP contribution in [-0.4, -0.2) is 58.2 Å². The molecule has 16 nitrogen and oxygen atoms in total. The Bertz CT molecular complexity index is 2150. The standard InChI is InChI=1S/C16H13N3O5.C11H11NO3.C5H3ClN2O2/c1-22-14-7-11-12(8-15(14)23-2)17-6-5-13(11)24-16-4-3-10(9-18-16)19(20)21;1-14-10-5-7-8(6-11(10)15-2)12-4-3-9(7)13;6-5-2-1-4(3-7-5)8(9)10/h3-9H,1-2H3;3-6H,1-2H3,(H,12,13);1-3H. The Balaban J connectivity index is 0.000000184. The summed E-state index contributed by atoms with van der Waals surface area (Å²) < 4.78 is 26.5. The molecule has 4 heterocycles. The summed E-state index contributed by atoms with van der Waals surface area (Å²) in [6.45, 7) is 0. The van der Waals surface area contributed by atoms with Gasteiger partial charge in [-0.3, -0.25) is 30.0 Å². The zero-order valence-electron chi connectivity index (χ0n) is 26.3. The fourth-order valence-electron chi connectivity index (χ4n) is 4.17. The van der Waals surface area contributed by atoms with Gasteiger partial charge in [-0.25, -0.2) is 9.97 Å². The molecule has 6 aromatic rings. The van der Waals surface area contributed by atoms with Crippen LogP contribution in [-0.2, 0) is 0 Å². The maximum absolute atomic E-state index is 11.5. The number of hydrogen-bond donors (Lipinski definition) is 1. The summed E-state index contributed by atoms with van der Waals surface area (Å²) in [5.74, 6) is 3.00. The van der Waals surface area contributed by atoms with Gasteiger partial charge in [0.05, 0.1) is 49.3 Å². The summed E-state index contributed by atoms with van der Waals surface area (Å²) in [5, 5.41) is 22.3. The number of hydrogen-bond acceptors (Lipinski definition) is 13. The summed E-state index contributed by atoms with van der Waals surface area (Å²) in [5.41, 5.74) is 1.20. The van der Waals surface area contributed by atoms with Gasteiger partial charge in [0.1, 0.15) is 23.3 Å². The zero-order chi connectivity index (χ0) is 35.5. The fourth-order valence-corrected chi connectivity index (χ4v) is 4.28. The number of ether oxygens (including phenoxy) is 5. The van der Waals surface area contributed by atoms with Crippen molar-refractivity contribution in [2.75, 3.05) is 28.4 Å². The van der Waals surface area contributed by atoms with Crippen LogP contribution in [0, 0.1) is 20.2 Å². The van der Waals surface area contributed by atoms with Crippen molar-refractivity contribution < 1.29 is 33.5 Å². The second-order valence-corrected chi connectivity index (χ2v) is 9.83. The van der Waals surface area contributed by atoms with E-state index in [1.165, 1.54) is 30.3 Å². The van der Waals surface area contributed by atoms with E-state index in [-0.39, 0.29) is 27.8 Å². The minimum absolute atomic E-state index is 0.0373. The maximum Gasteiger partial charge on any atom is 0.287 e. The Kier molecular flexibility index (Phi) is 11.8. The lowest BCUT2D eigenvalue weighted by atomic mass is 10.2. The highest BCUT2D eigenvalue weighted by molar-refractivity contribution is 6.29. The number of nitro groups is 2. The summed E-state index contributed by atoms with van der Waals surface area (Å²) in [7, 11) is 6.19. The molecular formula is C32H27ClN6O10. The van der Waals surface area contributed by atoms with Crippen molar-refractivity contribution in [1.29, 1.82) is 0 Å². The number of fused-ring (bicyclic) bond motifs is 2. The first kappa shape index (κ1) is 35.3. The summed E-state index contributed by atoms with van der Waals surface area (Å²) in [6, 6.07) is 15.5. The van der Waals surface area contributed by atoms with Crippen LogP contribution in [0.5, 0.6) is 34.6 Å². The van der Waals surface area contributed by atoms with Crippen LogP contribution in [0.2, 0.25) is 5.15 Å². The molecule has 252 valence electrons. The summed E-state index contributed by atoms with van der Waals surface area (Å²) >= 11 is 5.38. The quantitative estimate of drug-likeness (QED) is 0.102. The third kappa shape index (κ3) is 8.83. The molecule has 0 amide bonds. The Labute approximate surface area is 282 Å². The topological polar surface area (TPSA) is 204 Å². The Morgan fingerprint density at radius 1 is 0.673 bits per heavy atom. The average Bonchev–Trinajstić information content (AvgIpc) is 3.11. The molecule has 0 radical (unpaired) electrons. The van der Waals surface area contributed by atoms with Crippen LogP contribution in [0.4, 0.5) is 11.4 Å². The number of methoxy groups -OCH3 is 4. The van der Waals surface area contributed by atoms with Gasteiger partial charge in [0.25, 0.3) is 11.4 Å². The molecule has 0 spiro atoms. The maximum atomic E-state index is 11.5. The number of H-pyrrole nitrogens is 1. The minimum atomic E-state index is -0.524. The number of aromatic nitrogens is 4. The summed E-state index contributed by atoms with van der Waals surface area (Å²) in [6.07, 6.45) is 5.45.